The van der Waals surface area contributed by atoms with Gasteiger partial charge in [-0.25, -0.2) is 4.98 Å². The van der Waals surface area contributed by atoms with Crippen LogP contribution in [-0.4, -0.2) is 52.2 Å². The van der Waals surface area contributed by atoms with Crippen molar-refractivity contribution in [2.75, 3.05) is 30.8 Å². The Labute approximate surface area is 210 Å². The van der Waals surface area contributed by atoms with Gasteiger partial charge in [0.25, 0.3) is 5.91 Å². The average molecular weight is 511 g/mol. The molecule has 1 fully saturated rings. The lowest BCUT2D eigenvalue weighted by Crippen LogP contribution is -2.31. The molecule has 0 spiro atoms. The molecule has 4 aromatic rings. The molecule has 37 heavy (non-hydrogen) atoms. The maximum absolute atomic E-state index is 13.6. The lowest BCUT2D eigenvalue weighted by Gasteiger charge is -2.22. The van der Waals surface area contributed by atoms with Crippen LogP contribution in [0.15, 0.2) is 60.9 Å². The fourth-order valence-electron chi connectivity index (χ4n) is 4.37. The number of pyridine rings is 1. The van der Waals surface area contributed by atoms with Crippen molar-refractivity contribution in [3.05, 3.63) is 72.1 Å². The summed E-state index contributed by atoms with van der Waals surface area (Å²) >= 11 is 0. The smallest absolute Gasteiger partial charge is 0.419 e. The molecule has 8 nitrogen and oxygen atoms in total. The molecule has 0 radical (unpaired) electrons. The van der Waals surface area contributed by atoms with Crippen LogP contribution in [0.4, 0.5) is 30.4 Å². The van der Waals surface area contributed by atoms with Crippen LogP contribution in [0.5, 0.6) is 5.75 Å². The van der Waals surface area contributed by atoms with Gasteiger partial charge in [-0.3, -0.25) is 9.89 Å². The Bertz CT molecular complexity index is 1420. The van der Waals surface area contributed by atoms with E-state index in [2.05, 4.69) is 30.7 Å². The number of H-pyrrole nitrogens is 1. The lowest BCUT2D eigenvalue weighted by molar-refractivity contribution is -0.139. The van der Waals surface area contributed by atoms with Gasteiger partial charge in [-0.15, -0.1) is 0 Å². The zero-order valence-corrected chi connectivity index (χ0v) is 20.0. The molecule has 0 bridgehead atoms. The molecule has 0 unspecified atom stereocenters. The number of hydrogen-bond donors (Lipinski definition) is 3. The van der Waals surface area contributed by atoms with E-state index < -0.39 is 17.6 Å². The van der Waals surface area contributed by atoms with Gasteiger partial charge in [-0.1, -0.05) is 0 Å². The van der Waals surface area contributed by atoms with Crippen molar-refractivity contribution >= 4 is 34.0 Å². The number of aromatic nitrogens is 3. The van der Waals surface area contributed by atoms with Gasteiger partial charge in [0.05, 0.1) is 22.8 Å². The Balaban J connectivity index is 1.35. The number of carbonyl (C=O) groups excluding carboxylic acids is 1. The molecule has 1 atom stereocenters. The molecular weight excluding hydrogens is 485 g/mol. The molecule has 11 heteroatoms. The highest BCUT2D eigenvalue weighted by Crippen LogP contribution is 2.38. The summed E-state index contributed by atoms with van der Waals surface area (Å²) in [4.78, 5) is 19.5. The topological polar surface area (TPSA) is 95.2 Å². The highest BCUT2D eigenvalue weighted by molar-refractivity contribution is 6.08. The minimum Gasteiger partial charge on any atom is -0.491 e. The van der Waals surface area contributed by atoms with E-state index in [1.54, 1.807) is 18.3 Å². The molecule has 3 heterocycles. The third kappa shape index (κ3) is 5.51. The van der Waals surface area contributed by atoms with Gasteiger partial charge in [0.1, 0.15) is 18.2 Å². The van der Waals surface area contributed by atoms with Gasteiger partial charge in [0, 0.05) is 35.1 Å². The number of carbonyl (C=O) groups is 1. The zero-order chi connectivity index (χ0) is 26.0. The molecule has 3 N–H and O–H groups in total. The highest BCUT2D eigenvalue weighted by Gasteiger charge is 2.35. The fourth-order valence-corrected chi connectivity index (χ4v) is 4.37. The second kappa shape index (κ2) is 10.1. The summed E-state index contributed by atoms with van der Waals surface area (Å²) in [6.07, 6.45) is 0.489. The summed E-state index contributed by atoms with van der Waals surface area (Å²) in [5.74, 6) is -0.547. The molecule has 1 saturated heterocycles. The Hall–Kier alpha value is -4.12. The largest absolute Gasteiger partial charge is 0.491 e. The number of aromatic amines is 1. The first-order valence-electron chi connectivity index (χ1n) is 11.8. The maximum Gasteiger partial charge on any atom is 0.419 e. The molecule has 1 aliphatic rings. The van der Waals surface area contributed by atoms with Crippen molar-refractivity contribution in [2.24, 2.45) is 0 Å². The number of nitrogens with zero attached hydrogens (tertiary/aromatic N) is 3. The predicted molar refractivity (Wildman–Crippen MR) is 134 cm³/mol. The zero-order valence-electron chi connectivity index (χ0n) is 20.0. The summed E-state index contributed by atoms with van der Waals surface area (Å²) in [7, 11) is 1.93. The van der Waals surface area contributed by atoms with E-state index in [-0.39, 0.29) is 29.6 Å². The van der Waals surface area contributed by atoms with Gasteiger partial charge in [0.2, 0.25) is 0 Å². The number of halogens is 3. The van der Waals surface area contributed by atoms with Gasteiger partial charge in [-0.2, -0.15) is 18.3 Å². The van der Waals surface area contributed by atoms with Crippen LogP contribution >= 0.6 is 0 Å². The number of likely N-dealkylation sites (tertiary alicyclic amines) is 1. The Morgan fingerprint density at radius 3 is 2.81 bits per heavy atom. The van der Waals surface area contributed by atoms with Crippen molar-refractivity contribution in [3.8, 4) is 5.75 Å². The second-order valence-corrected chi connectivity index (χ2v) is 8.95. The lowest BCUT2D eigenvalue weighted by atomic mass is 10.1. The second-order valence-electron chi connectivity index (χ2n) is 8.95. The van der Waals surface area contributed by atoms with Gasteiger partial charge >= 0.3 is 6.18 Å². The van der Waals surface area contributed by atoms with Gasteiger partial charge in [0.15, 0.2) is 0 Å². The van der Waals surface area contributed by atoms with E-state index in [0.717, 1.165) is 36.4 Å². The Morgan fingerprint density at radius 1 is 1.19 bits per heavy atom. The number of rotatable bonds is 7. The SMILES string of the molecule is CN1CCC[C@H]1COc1cc(NC(=O)c2cccnc2Nc2ccc3cn[nH]c3c2)ccc1C(F)(F)F. The minimum atomic E-state index is -4.59. The monoisotopic (exact) mass is 510 g/mol. The quantitative estimate of drug-likeness (QED) is 0.306. The van der Waals surface area contributed by atoms with Crippen LogP contribution < -0.4 is 15.4 Å². The van der Waals surface area contributed by atoms with E-state index >= 15 is 0 Å². The first kappa shape index (κ1) is 24.6. The van der Waals surface area contributed by atoms with Crippen LogP contribution in [0.2, 0.25) is 0 Å². The van der Waals surface area contributed by atoms with Crippen LogP contribution in [0.1, 0.15) is 28.8 Å². The van der Waals surface area contributed by atoms with Gasteiger partial charge in [-0.05, 0) is 68.9 Å². The Kier molecular flexibility index (Phi) is 6.70. The van der Waals surface area contributed by atoms with Crippen molar-refractivity contribution in [1.29, 1.82) is 0 Å². The summed E-state index contributed by atoms with van der Waals surface area (Å²) in [5, 5.41) is 13.6. The fraction of sp³-hybridized carbons (Fsp3) is 0.269. The van der Waals surface area contributed by atoms with E-state index in [4.69, 9.17) is 4.74 Å². The first-order valence-corrected chi connectivity index (χ1v) is 11.8. The minimum absolute atomic E-state index is 0.0457. The summed E-state index contributed by atoms with van der Waals surface area (Å²) in [6.45, 7) is 1.02. The summed E-state index contributed by atoms with van der Waals surface area (Å²) < 4.78 is 46.5. The summed E-state index contributed by atoms with van der Waals surface area (Å²) in [6, 6.07) is 12.1. The van der Waals surface area contributed by atoms with E-state index in [1.807, 2.05) is 25.2 Å². The van der Waals surface area contributed by atoms with Crippen molar-refractivity contribution in [2.45, 2.75) is 25.1 Å². The van der Waals surface area contributed by atoms with Crippen LogP contribution in [0.25, 0.3) is 10.9 Å². The number of amides is 1. The molecule has 2 aromatic heterocycles. The predicted octanol–water partition coefficient (Wildman–Crippen LogP) is 5.45. The molecular formula is C26H25F3N6O2. The molecule has 0 saturated carbocycles. The van der Waals surface area contributed by atoms with Crippen LogP contribution in [0.3, 0.4) is 0 Å². The molecule has 1 amide bonds. The average Bonchev–Trinajstić information content (AvgIpc) is 3.50. The molecule has 0 aliphatic carbocycles. The standard InChI is InChI=1S/C26H25F3N6O2/c1-35-11-3-4-19(35)15-37-23-13-18(8-9-21(23)26(27,28)29)33-25(36)20-5-2-10-30-24(20)32-17-7-6-16-14-31-34-22(16)12-17/h2,5-10,12-14,19H,3-4,11,15H2,1H3,(H,30,32)(H,31,34)(H,33,36)/t19-/m0/s1. The molecule has 192 valence electrons. The third-order valence-electron chi connectivity index (χ3n) is 6.40. The van der Waals surface area contributed by atoms with E-state index in [9.17, 15) is 18.0 Å². The van der Waals surface area contributed by atoms with E-state index in [0.29, 0.717) is 11.5 Å². The first-order chi connectivity index (χ1) is 17.8. The number of likely N-dealkylation sites (N-methyl/N-ethyl adjacent to an activating group) is 1. The molecule has 5 rings (SSSR count). The summed E-state index contributed by atoms with van der Waals surface area (Å²) in [5.41, 5.74) is 1.02. The van der Waals surface area contributed by atoms with Gasteiger partial charge < -0.3 is 20.3 Å². The number of anilines is 3. The number of nitrogens with one attached hydrogen (secondary N) is 3. The third-order valence-corrected chi connectivity index (χ3v) is 6.40. The van der Waals surface area contributed by atoms with Crippen molar-refractivity contribution in [1.82, 2.24) is 20.1 Å². The van der Waals surface area contributed by atoms with Crippen molar-refractivity contribution < 1.29 is 22.7 Å². The molecule has 1 aliphatic heterocycles. The number of benzene rings is 2. The normalized spacial score (nSPS) is 16.2. The highest BCUT2D eigenvalue weighted by atomic mass is 19.4. The Morgan fingerprint density at radius 2 is 2.03 bits per heavy atom. The number of fused-ring (bicyclic) bond motifs is 1. The van der Waals surface area contributed by atoms with Crippen LogP contribution in [-0.2, 0) is 6.18 Å². The van der Waals surface area contributed by atoms with Crippen LogP contribution in [0, 0.1) is 0 Å². The maximum atomic E-state index is 13.6. The molecule has 2 aromatic carbocycles. The number of alkyl halides is 3. The van der Waals surface area contributed by atoms with E-state index in [1.165, 1.54) is 18.3 Å². The number of hydrogen-bond acceptors (Lipinski definition) is 6. The number of ether oxygens (including phenoxy) is 1. The van der Waals surface area contributed by atoms with Crippen molar-refractivity contribution in [3.63, 3.8) is 0 Å².